The number of methoxy groups -OCH3 is 1. The summed E-state index contributed by atoms with van der Waals surface area (Å²) in [5.74, 6) is 1.63. The van der Waals surface area contributed by atoms with E-state index in [9.17, 15) is 5.11 Å². The number of aliphatic hydroxyl groups is 1. The molecule has 1 heterocycles. The first-order valence-electron chi connectivity index (χ1n) is 10.5. The van der Waals surface area contributed by atoms with Crippen molar-refractivity contribution in [3.05, 3.63) is 23.3 Å². The predicted molar refractivity (Wildman–Crippen MR) is 108 cm³/mol. The van der Waals surface area contributed by atoms with E-state index in [-0.39, 0.29) is 0 Å². The highest BCUT2D eigenvalue weighted by Gasteiger charge is 2.25. The molecule has 146 valence electrons. The third-order valence-corrected chi connectivity index (χ3v) is 6.43. The van der Waals surface area contributed by atoms with Gasteiger partial charge in [0.1, 0.15) is 5.75 Å². The van der Waals surface area contributed by atoms with Crippen LogP contribution >= 0.6 is 0 Å². The van der Waals surface area contributed by atoms with Crippen molar-refractivity contribution in [1.82, 2.24) is 4.90 Å². The van der Waals surface area contributed by atoms with Crippen LogP contribution < -0.4 is 10.5 Å². The van der Waals surface area contributed by atoms with Crippen molar-refractivity contribution in [2.75, 3.05) is 32.5 Å². The van der Waals surface area contributed by atoms with E-state index in [0.29, 0.717) is 12.6 Å². The second-order valence-corrected chi connectivity index (χ2v) is 8.13. The van der Waals surface area contributed by atoms with Crippen LogP contribution in [0.5, 0.6) is 5.75 Å². The van der Waals surface area contributed by atoms with Crippen molar-refractivity contribution in [2.45, 2.75) is 70.3 Å². The maximum absolute atomic E-state index is 9.26. The van der Waals surface area contributed by atoms with Gasteiger partial charge in [0.2, 0.25) is 0 Å². The molecule has 1 saturated heterocycles. The molecule has 3 N–H and O–H groups in total. The molecule has 0 spiro atoms. The molecule has 4 nitrogen and oxygen atoms in total. The number of nitrogens with zero attached hydrogens (tertiary/aromatic N) is 1. The van der Waals surface area contributed by atoms with Crippen LogP contribution in [0.1, 0.15) is 62.5 Å². The predicted octanol–water partition coefficient (Wildman–Crippen LogP) is 3.79. The Hall–Kier alpha value is -1.26. The molecule has 1 fully saturated rings. The van der Waals surface area contributed by atoms with Gasteiger partial charge in [0.05, 0.1) is 12.8 Å². The van der Waals surface area contributed by atoms with Gasteiger partial charge < -0.3 is 20.5 Å². The van der Waals surface area contributed by atoms with Crippen LogP contribution in [0.3, 0.4) is 0 Å². The number of benzene rings is 1. The number of rotatable bonds is 4. The quantitative estimate of drug-likeness (QED) is 0.633. The fraction of sp³-hybridized carbons (Fsp3) is 0.727. The summed E-state index contributed by atoms with van der Waals surface area (Å²) in [7, 11) is 1.74. The lowest BCUT2D eigenvalue weighted by molar-refractivity contribution is 0.180. The molecule has 0 bridgehead atoms. The molecular weight excluding hydrogens is 324 g/mol. The summed E-state index contributed by atoms with van der Waals surface area (Å²) in [5, 5.41) is 9.26. The summed E-state index contributed by atoms with van der Waals surface area (Å²) in [5.41, 5.74) is 9.65. The van der Waals surface area contributed by atoms with Crippen LogP contribution in [-0.2, 0) is 12.8 Å². The first-order chi connectivity index (χ1) is 12.7. The molecule has 1 unspecified atom stereocenters. The summed E-state index contributed by atoms with van der Waals surface area (Å²) < 4.78 is 5.61. The van der Waals surface area contributed by atoms with Gasteiger partial charge in [-0.05, 0) is 87.6 Å². The van der Waals surface area contributed by atoms with E-state index in [1.54, 1.807) is 7.11 Å². The molecule has 0 amide bonds. The highest BCUT2D eigenvalue weighted by atomic mass is 16.5. The maximum atomic E-state index is 9.26. The van der Waals surface area contributed by atoms with Crippen molar-refractivity contribution in [2.24, 2.45) is 5.92 Å². The van der Waals surface area contributed by atoms with Crippen LogP contribution in [0.4, 0.5) is 5.69 Å². The monoisotopic (exact) mass is 360 g/mol. The van der Waals surface area contributed by atoms with Gasteiger partial charge in [-0.3, -0.25) is 0 Å². The zero-order chi connectivity index (χ0) is 18.4. The summed E-state index contributed by atoms with van der Waals surface area (Å²) in [6, 6.07) is 4.87. The molecule has 2 atom stereocenters. The van der Waals surface area contributed by atoms with Gasteiger partial charge in [-0.1, -0.05) is 18.9 Å². The molecule has 26 heavy (non-hydrogen) atoms. The van der Waals surface area contributed by atoms with E-state index in [1.807, 2.05) is 6.07 Å². The van der Waals surface area contributed by atoms with Gasteiger partial charge in [-0.15, -0.1) is 0 Å². The SMILES string of the molecule is COc1c(N)ccc2c1CCC[C@H](N1CCCCC(CCO)CCC1)C2. The van der Waals surface area contributed by atoms with Crippen molar-refractivity contribution in [3.63, 3.8) is 0 Å². The van der Waals surface area contributed by atoms with Gasteiger partial charge in [0, 0.05) is 12.6 Å². The van der Waals surface area contributed by atoms with Crippen LogP contribution in [0, 0.1) is 5.92 Å². The number of anilines is 1. The molecular formula is C22H36N2O2. The Kier molecular flexibility index (Phi) is 7.21. The van der Waals surface area contributed by atoms with Gasteiger partial charge in [-0.2, -0.15) is 0 Å². The average molecular weight is 361 g/mol. The second kappa shape index (κ2) is 9.61. The summed E-state index contributed by atoms with van der Waals surface area (Å²) >= 11 is 0. The highest BCUT2D eigenvalue weighted by molar-refractivity contribution is 5.60. The van der Waals surface area contributed by atoms with Gasteiger partial charge in [0.15, 0.2) is 0 Å². The van der Waals surface area contributed by atoms with Crippen LogP contribution in [0.2, 0.25) is 0 Å². The normalized spacial score (nSPS) is 25.5. The number of hydrogen-bond acceptors (Lipinski definition) is 4. The van der Waals surface area contributed by atoms with E-state index in [1.165, 1.54) is 69.2 Å². The first kappa shape index (κ1) is 19.5. The standard InChI is InChI=1S/C22H36N2O2/c1-26-22-20-9-4-8-19(16-18(20)10-11-21(22)23)24-13-3-2-6-17(12-15-25)7-5-14-24/h10-11,17,19,25H,2-9,12-16,23H2,1H3/t17?,19-/m0/s1. The number of nitrogens with two attached hydrogens (primary N) is 1. The van der Waals surface area contributed by atoms with Crippen molar-refractivity contribution >= 4 is 5.69 Å². The zero-order valence-electron chi connectivity index (χ0n) is 16.4. The Labute approximate surface area is 158 Å². The molecule has 0 radical (unpaired) electrons. The Bertz CT molecular complexity index is 576. The van der Waals surface area contributed by atoms with Gasteiger partial charge >= 0.3 is 0 Å². The highest BCUT2D eigenvalue weighted by Crippen LogP contribution is 2.35. The van der Waals surface area contributed by atoms with Crippen LogP contribution in [0.15, 0.2) is 12.1 Å². The Morgan fingerprint density at radius 1 is 1.12 bits per heavy atom. The lowest BCUT2D eigenvalue weighted by Gasteiger charge is -2.31. The zero-order valence-corrected chi connectivity index (χ0v) is 16.4. The second-order valence-electron chi connectivity index (χ2n) is 8.13. The minimum absolute atomic E-state index is 0.346. The topological polar surface area (TPSA) is 58.7 Å². The minimum atomic E-state index is 0.346. The Morgan fingerprint density at radius 3 is 2.73 bits per heavy atom. The Balaban J connectivity index is 1.69. The molecule has 3 rings (SSSR count). The van der Waals surface area contributed by atoms with Crippen LogP contribution in [0.25, 0.3) is 0 Å². The molecule has 1 aromatic carbocycles. The van der Waals surface area contributed by atoms with E-state index in [4.69, 9.17) is 10.5 Å². The smallest absolute Gasteiger partial charge is 0.145 e. The number of fused-ring (bicyclic) bond motifs is 1. The van der Waals surface area contributed by atoms with Crippen molar-refractivity contribution in [3.8, 4) is 5.75 Å². The minimum Gasteiger partial charge on any atom is -0.494 e. The fourth-order valence-corrected chi connectivity index (χ4v) is 5.00. The summed E-state index contributed by atoms with van der Waals surface area (Å²) in [6.07, 6.45) is 12.1. The van der Waals surface area contributed by atoms with Crippen molar-refractivity contribution < 1.29 is 9.84 Å². The number of ether oxygens (including phenoxy) is 1. The van der Waals surface area contributed by atoms with Crippen LogP contribution in [-0.4, -0.2) is 42.9 Å². The third-order valence-electron chi connectivity index (χ3n) is 6.43. The Morgan fingerprint density at radius 2 is 1.92 bits per heavy atom. The van der Waals surface area contributed by atoms with Gasteiger partial charge in [-0.25, -0.2) is 0 Å². The van der Waals surface area contributed by atoms with Gasteiger partial charge in [0.25, 0.3) is 0 Å². The lowest BCUT2D eigenvalue weighted by Crippen LogP contribution is -2.38. The molecule has 1 aromatic rings. The molecule has 1 aliphatic heterocycles. The van der Waals surface area contributed by atoms with E-state index in [2.05, 4.69) is 11.0 Å². The number of aliphatic hydroxyl groups excluding tert-OH is 1. The van der Waals surface area contributed by atoms with E-state index < -0.39 is 0 Å². The molecule has 4 heteroatoms. The molecule has 0 aromatic heterocycles. The maximum Gasteiger partial charge on any atom is 0.145 e. The van der Waals surface area contributed by atoms with Crippen molar-refractivity contribution in [1.29, 1.82) is 0 Å². The molecule has 2 aliphatic rings. The van der Waals surface area contributed by atoms with E-state index in [0.717, 1.165) is 36.6 Å². The average Bonchev–Trinajstić information content (AvgIpc) is 2.77. The fourth-order valence-electron chi connectivity index (χ4n) is 5.00. The molecule has 1 aliphatic carbocycles. The summed E-state index contributed by atoms with van der Waals surface area (Å²) in [6.45, 7) is 2.77. The largest absolute Gasteiger partial charge is 0.494 e. The number of hydrogen-bond donors (Lipinski definition) is 2. The third kappa shape index (κ3) is 4.72. The number of nitrogen functional groups attached to an aromatic ring is 1. The van der Waals surface area contributed by atoms with E-state index >= 15 is 0 Å². The lowest BCUT2D eigenvalue weighted by atomic mass is 9.94. The first-order valence-corrected chi connectivity index (χ1v) is 10.5. The molecule has 0 saturated carbocycles. The summed E-state index contributed by atoms with van der Waals surface area (Å²) in [4.78, 5) is 2.75.